The monoisotopic (exact) mass is 506 g/mol. The van der Waals surface area contributed by atoms with Crippen molar-refractivity contribution in [3.8, 4) is 0 Å². The number of esters is 1. The molecule has 0 bridgehead atoms. The predicted molar refractivity (Wildman–Crippen MR) is 141 cm³/mol. The van der Waals surface area contributed by atoms with Gasteiger partial charge in [0, 0.05) is 7.11 Å². The topological polar surface area (TPSA) is 74.2 Å². The minimum atomic E-state index is -2.83. The van der Waals surface area contributed by atoms with Crippen LogP contribution in [0.5, 0.6) is 0 Å². The van der Waals surface area contributed by atoms with E-state index in [2.05, 4.69) is 45.0 Å². The number of aliphatic hydroxyl groups excluding tert-OH is 1. The smallest absolute Gasteiger partial charge is 0.338 e. The van der Waals surface area contributed by atoms with Crippen LogP contribution in [0.3, 0.4) is 0 Å². The van der Waals surface area contributed by atoms with Crippen molar-refractivity contribution < 1.29 is 28.5 Å². The van der Waals surface area contributed by atoms with Gasteiger partial charge in [0.25, 0.3) is 8.32 Å². The molecule has 1 aliphatic heterocycles. The quantitative estimate of drug-likeness (QED) is 0.372. The fourth-order valence-corrected chi connectivity index (χ4v) is 9.46. The SMILES string of the molecule is CO[C@H]1O[C@H](CO[Si](c2ccccc2)(c2ccccc2)C(C)(C)C)[C@@H](O)[C@@H]1OC(=O)c1ccccc1. The number of methoxy groups -OCH3 is 1. The van der Waals surface area contributed by atoms with Crippen LogP contribution < -0.4 is 10.4 Å². The molecule has 1 saturated heterocycles. The molecule has 4 rings (SSSR count). The van der Waals surface area contributed by atoms with Crippen molar-refractivity contribution in [3.05, 3.63) is 96.6 Å². The summed E-state index contributed by atoms with van der Waals surface area (Å²) in [6, 6.07) is 29.2. The molecular weight excluding hydrogens is 472 g/mol. The zero-order chi connectivity index (χ0) is 25.8. The van der Waals surface area contributed by atoms with Gasteiger partial charge in [-0.15, -0.1) is 0 Å². The molecule has 0 aliphatic carbocycles. The van der Waals surface area contributed by atoms with E-state index in [0.717, 1.165) is 10.4 Å². The van der Waals surface area contributed by atoms with Gasteiger partial charge in [-0.1, -0.05) is 99.6 Å². The maximum Gasteiger partial charge on any atom is 0.338 e. The van der Waals surface area contributed by atoms with Crippen LogP contribution in [0.4, 0.5) is 0 Å². The van der Waals surface area contributed by atoms with E-state index in [4.69, 9.17) is 18.6 Å². The van der Waals surface area contributed by atoms with Gasteiger partial charge in [0.1, 0.15) is 12.2 Å². The van der Waals surface area contributed by atoms with Gasteiger partial charge in [-0.05, 0) is 27.5 Å². The summed E-state index contributed by atoms with van der Waals surface area (Å²) in [4.78, 5) is 12.7. The summed E-state index contributed by atoms with van der Waals surface area (Å²) in [5, 5.41) is 13.2. The molecule has 36 heavy (non-hydrogen) atoms. The van der Waals surface area contributed by atoms with E-state index >= 15 is 0 Å². The fourth-order valence-electron chi connectivity index (χ4n) is 4.89. The summed E-state index contributed by atoms with van der Waals surface area (Å²) in [6.45, 7) is 6.68. The minimum absolute atomic E-state index is 0.119. The van der Waals surface area contributed by atoms with Crippen molar-refractivity contribution in [2.45, 2.75) is 50.4 Å². The lowest BCUT2D eigenvalue weighted by molar-refractivity contribution is -0.153. The second kappa shape index (κ2) is 11.1. The van der Waals surface area contributed by atoms with Crippen molar-refractivity contribution in [1.29, 1.82) is 0 Å². The zero-order valence-electron chi connectivity index (χ0n) is 21.2. The number of benzene rings is 3. The highest BCUT2D eigenvalue weighted by Crippen LogP contribution is 2.37. The highest BCUT2D eigenvalue weighted by molar-refractivity contribution is 6.99. The number of hydrogen-bond donors (Lipinski definition) is 1. The van der Waals surface area contributed by atoms with Crippen molar-refractivity contribution in [2.75, 3.05) is 13.7 Å². The predicted octanol–water partition coefficient (Wildman–Crippen LogP) is 3.52. The van der Waals surface area contributed by atoms with Gasteiger partial charge in [-0.2, -0.15) is 0 Å². The molecular formula is C29H34O6Si. The molecule has 3 aromatic carbocycles. The van der Waals surface area contributed by atoms with Gasteiger partial charge in [0.15, 0.2) is 12.4 Å². The van der Waals surface area contributed by atoms with E-state index in [1.165, 1.54) is 7.11 Å². The molecule has 1 aliphatic rings. The molecule has 3 aromatic rings. The highest BCUT2D eigenvalue weighted by Gasteiger charge is 2.53. The molecule has 1 fully saturated rings. The maximum atomic E-state index is 12.7. The van der Waals surface area contributed by atoms with Crippen LogP contribution in [-0.2, 0) is 18.6 Å². The molecule has 1 heterocycles. The first-order chi connectivity index (χ1) is 17.3. The Balaban J connectivity index is 1.60. The Morgan fingerprint density at radius 2 is 1.39 bits per heavy atom. The largest absolute Gasteiger partial charge is 0.450 e. The van der Waals surface area contributed by atoms with Gasteiger partial charge < -0.3 is 23.7 Å². The Morgan fingerprint density at radius 3 is 1.86 bits per heavy atom. The van der Waals surface area contributed by atoms with Crippen LogP contribution in [0.15, 0.2) is 91.0 Å². The molecule has 0 radical (unpaired) electrons. The molecule has 0 saturated carbocycles. The fraction of sp³-hybridized carbons (Fsp3) is 0.345. The van der Waals surface area contributed by atoms with Crippen molar-refractivity contribution in [2.24, 2.45) is 0 Å². The molecule has 0 unspecified atom stereocenters. The first kappa shape index (κ1) is 26.3. The van der Waals surface area contributed by atoms with Crippen LogP contribution in [0, 0.1) is 0 Å². The Hall–Kier alpha value is -2.81. The van der Waals surface area contributed by atoms with Crippen molar-refractivity contribution in [1.82, 2.24) is 0 Å². The number of carbonyl (C=O) groups excluding carboxylic acids is 1. The summed E-state index contributed by atoms with van der Waals surface area (Å²) in [5.41, 5.74) is 0.395. The Kier molecular flexibility index (Phi) is 8.07. The average Bonchev–Trinajstić information content (AvgIpc) is 3.19. The second-order valence-corrected chi connectivity index (χ2v) is 14.3. The normalized spacial score (nSPS) is 22.4. The van der Waals surface area contributed by atoms with Crippen LogP contribution in [-0.4, -0.2) is 57.7 Å². The van der Waals surface area contributed by atoms with E-state index in [9.17, 15) is 9.90 Å². The van der Waals surface area contributed by atoms with Crippen LogP contribution >= 0.6 is 0 Å². The lowest BCUT2D eigenvalue weighted by atomic mass is 10.1. The summed E-state index contributed by atoms with van der Waals surface area (Å²) < 4.78 is 24.0. The van der Waals surface area contributed by atoms with Crippen LogP contribution in [0.1, 0.15) is 31.1 Å². The lowest BCUT2D eigenvalue weighted by Gasteiger charge is -2.43. The second-order valence-electron chi connectivity index (χ2n) is 9.98. The molecule has 0 spiro atoms. The van der Waals surface area contributed by atoms with Gasteiger partial charge >= 0.3 is 5.97 Å². The first-order valence-corrected chi connectivity index (χ1v) is 14.1. The molecule has 0 aromatic heterocycles. The van der Waals surface area contributed by atoms with Gasteiger partial charge in [0.2, 0.25) is 0 Å². The van der Waals surface area contributed by atoms with Gasteiger partial charge in [-0.25, -0.2) is 4.79 Å². The van der Waals surface area contributed by atoms with E-state index in [0.29, 0.717) is 5.56 Å². The third-order valence-corrected chi connectivity index (χ3v) is 11.7. The number of hydrogen-bond acceptors (Lipinski definition) is 6. The molecule has 190 valence electrons. The standard InChI is InChI=1S/C29H34O6Si/c1-29(2,3)36(22-16-10-6-11-17-22,23-18-12-7-13-19-23)33-20-24-25(30)26(28(32-4)34-24)35-27(31)21-14-8-5-9-15-21/h5-19,24-26,28,30H,20H2,1-4H3/t24-,25-,26+,28+/m1/s1. The van der Waals surface area contributed by atoms with Crippen LogP contribution in [0.2, 0.25) is 5.04 Å². The van der Waals surface area contributed by atoms with E-state index < -0.39 is 38.9 Å². The molecule has 7 heteroatoms. The Bertz CT molecular complexity index is 1080. The van der Waals surface area contributed by atoms with E-state index in [-0.39, 0.29) is 11.6 Å². The molecule has 0 amide bonds. The number of rotatable bonds is 8. The third kappa shape index (κ3) is 5.16. The third-order valence-electron chi connectivity index (χ3n) is 6.66. The molecule has 1 N–H and O–H groups in total. The summed E-state index contributed by atoms with van der Waals surface area (Å²) in [6.07, 6.45) is -3.72. The minimum Gasteiger partial charge on any atom is -0.450 e. The first-order valence-electron chi connectivity index (χ1n) is 12.2. The van der Waals surface area contributed by atoms with Crippen molar-refractivity contribution >= 4 is 24.7 Å². The lowest BCUT2D eigenvalue weighted by Crippen LogP contribution is -2.67. The van der Waals surface area contributed by atoms with Gasteiger partial charge in [-0.3, -0.25) is 0 Å². The van der Waals surface area contributed by atoms with Crippen LogP contribution in [0.25, 0.3) is 0 Å². The summed E-state index contributed by atoms with van der Waals surface area (Å²) >= 11 is 0. The summed E-state index contributed by atoms with van der Waals surface area (Å²) in [5.74, 6) is -0.543. The van der Waals surface area contributed by atoms with E-state index in [1.807, 2.05) is 42.5 Å². The molecule has 4 atom stereocenters. The van der Waals surface area contributed by atoms with Gasteiger partial charge in [0.05, 0.1) is 12.2 Å². The Morgan fingerprint density at radius 1 is 0.889 bits per heavy atom. The maximum absolute atomic E-state index is 12.7. The zero-order valence-corrected chi connectivity index (χ0v) is 22.2. The highest BCUT2D eigenvalue weighted by atomic mass is 28.4. The number of carbonyl (C=O) groups is 1. The number of aliphatic hydroxyl groups is 1. The average molecular weight is 507 g/mol. The van der Waals surface area contributed by atoms with E-state index in [1.54, 1.807) is 24.3 Å². The molecule has 6 nitrogen and oxygen atoms in total. The number of ether oxygens (including phenoxy) is 3. The Labute approximate surface area is 213 Å². The summed E-state index contributed by atoms with van der Waals surface area (Å²) in [7, 11) is -1.36. The van der Waals surface area contributed by atoms with Crippen molar-refractivity contribution in [3.63, 3.8) is 0 Å².